The summed E-state index contributed by atoms with van der Waals surface area (Å²) in [5, 5.41) is 17.3. The van der Waals surface area contributed by atoms with Gasteiger partial charge < -0.3 is 10.1 Å². The molecule has 0 heterocycles. The van der Waals surface area contributed by atoms with Crippen molar-refractivity contribution >= 4 is 23.7 Å². The molecule has 1 unspecified atom stereocenters. The van der Waals surface area contributed by atoms with Crippen molar-refractivity contribution in [3.05, 3.63) is 69.8 Å². The van der Waals surface area contributed by atoms with Gasteiger partial charge in [0.25, 0.3) is 17.5 Å². The molecule has 2 rings (SSSR count). The summed E-state index contributed by atoms with van der Waals surface area (Å²) in [6, 6.07) is 11.5. The lowest BCUT2D eigenvalue weighted by Crippen LogP contribution is -2.48. The largest absolute Gasteiger partial charge is 0.497 e. The Balaban J connectivity index is 2.02. The van der Waals surface area contributed by atoms with E-state index < -0.39 is 22.8 Å². The van der Waals surface area contributed by atoms with Crippen molar-refractivity contribution in [3.8, 4) is 5.75 Å². The van der Waals surface area contributed by atoms with Crippen molar-refractivity contribution in [2.75, 3.05) is 7.11 Å². The highest BCUT2D eigenvalue weighted by Crippen LogP contribution is 2.13. The summed E-state index contributed by atoms with van der Waals surface area (Å²) in [5.41, 5.74) is 3.14. The van der Waals surface area contributed by atoms with E-state index in [2.05, 4.69) is 15.8 Å². The van der Waals surface area contributed by atoms with Gasteiger partial charge in [0.05, 0.1) is 18.2 Å². The smallest absolute Gasteiger partial charge is 0.270 e. The van der Waals surface area contributed by atoms with Gasteiger partial charge in [-0.15, -0.1) is 0 Å². The molecule has 2 N–H and O–H groups in total. The summed E-state index contributed by atoms with van der Waals surface area (Å²) in [5.74, 6) is -0.465. The molecule has 0 aliphatic rings. The number of hydrogen-bond donors (Lipinski definition) is 2. The fourth-order valence-corrected chi connectivity index (χ4v) is 2.46. The predicted molar refractivity (Wildman–Crippen MR) is 108 cm³/mol. The van der Waals surface area contributed by atoms with Crippen LogP contribution >= 0.6 is 0 Å². The van der Waals surface area contributed by atoms with Gasteiger partial charge in [0.15, 0.2) is 0 Å². The first-order chi connectivity index (χ1) is 13.8. The van der Waals surface area contributed by atoms with Crippen LogP contribution in [0.4, 0.5) is 5.69 Å². The highest BCUT2D eigenvalue weighted by Gasteiger charge is 2.24. The fraction of sp³-hybridized carbons (Fsp3) is 0.250. The number of non-ortho nitro benzene ring substituents is 1. The monoisotopic (exact) mass is 398 g/mol. The molecule has 2 aromatic carbocycles. The standard InChI is InChI=1S/C20H22N4O5/c1-13(2)18(22-19(25)15-7-9-17(29-3)10-8-15)20(26)23-21-12-14-5-4-6-16(11-14)24(27)28/h4-13,18H,1-3H3,(H,22,25)(H,23,26). The van der Waals surface area contributed by atoms with Crippen LogP contribution in [0.2, 0.25) is 0 Å². The van der Waals surface area contributed by atoms with E-state index in [9.17, 15) is 19.7 Å². The average molecular weight is 398 g/mol. The van der Waals surface area contributed by atoms with Gasteiger partial charge in [0.2, 0.25) is 0 Å². The quantitative estimate of drug-likeness (QED) is 0.402. The molecule has 0 saturated carbocycles. The van der Waals surface area contributed by atoms with Gasteiger partial charge >= 0.3 is 0 Å². The molecule has 0 radical (unpaired) electrons. The Morgan fingerprint density at radius 3 is 2.45 bits per heavy atom. The summed E-state index contributed by atoms with van der Waals surface area (Å²) < 4.78 is 5.06. The normalized spacial score (nSPS) is 11.9. The molecule has 0 saturated heterocycles. The third-order valence-electron chi connectivity index (χ3n) is 4.06. The number of methoxy groups -OCH3 is 1. The van der Waals surface area contributed by atoms with Crippen molar-refractivity contribution in [2.45, 2.75) is 19.9 Å². The molecule has 29 heavy (non-hydrogen) atoms. The van der Waals surface area contributed by atoms with Gasteiger partial charge in [-0.1, -0.05) is 26.0 Å². The molecule has 2 aromatic rings. The molecule has 0 bridgehead atoms. The SMILES string of the molecule is COc1ccc(C(=O)NC(C(=O)NN=Cc2cccc([N+](=O)[O-])c2)C(C)C)cc1. The van der Waals surface area contributed by atoms with Crippen LogP contribution in [0.15, 0.2) is 53.6 Å². The Labute approximate surface area is 167 Å². The van der Waals surface area contributed by atoms with Crippen LogP contribution in [0.3, 0.4) is 0 Å². The third-order valence-corrected chi connectivity index (χ3v) is 4.06. The molecule has 2 amide bonds. The number of carbonyl (C=O) groups excluding carboxylic acids is 2. The Bertz CT molecular complexity index is 909. The lowest BCUT2D eigenvalue weighted by molar-refractivity contribution is -0.384. The third kappa shape index (κ3) is 6.13. The maximum atomic E-state index is 12.4. The number of nitro groups is 1. The van der Waals surface area contributed by atoms with E-state index in [-0.39, 0.29) is 11.6 Å². The van der Waals surface area contributed by atoms with Gasteiger partial charge in [0.1, 0.15) is 11.8 Å². The molecule has 0 aliphatic heterocycles. The summed E-state index contributed by atoms with van der Waals surface area (Å²) in [6.45, 7) is 3.59. The fourth-order valence-electron chi connectivity index (χ4n) is 2.46. The lowest BCUT2D eigenvalue weighted by Gasteiger charge is -2.20. The lowest BCUT2D eigenvalue weighted by atomic mass is 10.0. The van der Waals surface area contributed by atoms with Crippen LogP contribution in [0.5, 0.6) is 5.75 Å². The van der Waals surface area contributed by atoms with Crippen molar-refractivity contribution in [2.24, 2.45) is 11.0 Å². The number of hydrogen-bond acceptors (Lipinski definition) is 6. The summed E-state index contributed by atoms with van der Waals surface area (Å²) in [7, 11) is 1.53. The molecule has 0 spiro atoms. The van der Waals surface area contributed by atoms with Gasteiger partial charge in [-0.2, -0.15) is 5.10 Å². The van der Waals surface area contributed by atoms with Gasteiger partial charge in [-0.05, 0) is 30.2 Å². The molecular weight excluding hydrogens is 376 g/mol. The van der Waals surface area contributed by atoms with Crippen LogP contribution in [-0.4, -0.2) is 36.1 Å². The maximum Gasteiger partial charge on any atom is 0.270 e. The zero-order valence-electron chi connectivity index (χ0n) is 16.3. The topological polar surface area (TPSA) is 123 Å². The van der Waals surface area contributed by atoms with E-state index in [4.69, 9.17) is 4.74 Å². The van der Waals surface area contributed by atoms with E-state index in [1.165, 1.54) is 31.5 Å². The van der Waals surface area contributed by atoms with Gasteiger partial charge in [-0.25, -0.2) is 5.43 Å². The average Bonchev–Trinajstić information content (AvgIpc) is 2.71. The molecule has 1 atom stereocenters. The van der Waals surface area contributed by atoms with E-state index in [1.807, 2.05) is 0 Å². The predicted octanol–water partition coefficient (Wildman–Crippen LogP) is 2.51. The number of hydrazone groups is 1. The highest BCUT2D eigenvalue weighted by atomic mass is 16.6. The second kappa shape index (κ2) is 9.98. The van der Waals surface area contributed by atoms with Crippen LogP contribution in [0, 0.1) is 16.0 Å². The zero-order valence-corrected chi connectivity index (χ0v) is 16.3. The minimum Gasteiger partial charge on any atom is -0.497 e. The number of amides is 2. The molecule has 0 aromatic heterocycles. The Kier molecular flexibility index (Phi) is 7.41. The van der Waals surface area contributed by atoms with Crippen molar-refractivity contribution in [1.82, 2.24) is 10.7 Å². The number of rotatable bonds is 8. The first kappa shape index (κ1) is 21.5. The van der Waals surface area contributed by atoms with Crippen LogP contribution < -0.4 is 15.5 Å². The first-order valence-electron chi connectivity index (χ1n) is 8.84. The molecule has 9 heteroatoms. The number of nitro benzene ring substituents is 1. The van der Waals surface area contributed by atoms with E-state index in [0.717, 1.165) is 0 Å². The second-order valence-electron chi connectivity index (χ2n) is 6.51. The number of nitrogens with one attached hydrogen (secondary N) is 2. The van der Waals surface area contributed by atoms with Crippen molar-refractivity contribution < 1.29 is 19.2 Å². The van der Waals surface area contributed by atoms with E-state index in [1.54, 1.807) is 44.2 Å². The Morgan fingerprint density at radius 2 is 1.86 bits per heavy atom. The Hall–Kier alpha value is -3.75. The molecule has 0 fully saturated rings. The van der Waals surface area contributed by atoms with Gasteiger partial charge in [0, 0.05) is 23.3 Å². The van der Waals surface area contributed by atoms with Crippen LogP contribution in [0.25, 0.3) is 0 Å². The molecule has 9 nitrogen and oxygen atoms in total. The van der Waals surface area contributed by atoms with Crippen molar-refractivity contribution in [3.63, 3.8) is 0 Å². The van der Waals surface area contributed by atoms with Crippen LogP contribution in [-0.2, 0) is 4.79 Å². The molecule has 152 valence electrons. The number of carbonyl (C=O) groups is 2. The van der Waals surface area contributed by atoms with Crippen molar-refractivity contribution in [1.29, 1.82) is 0 Å². The summed E-state index contributed by atoms with van der Waals surface area (Å²) >= 11 is 0. The number of ether oxygens (including phenoxy) is 1. The Morgan fingerprint density at radius 1 is 1.17 bits per heavy atom. The second-order valence-corrected chi connectivity index (χ2v) is 6.51. The minimum atomic E-state index is -0.813. The summed E-state index contributed by atoms with van der Waals surface area (Å²) in [4.78, 5) is 35.2. The first-order valence-corrected chi connectivity index (χ1v) is 8.84. The van der Waals surface area contributed by atoms with E-state index in [0.29, 0.717) is 16.9 Å². The zero-order chi connectivity index (χ0) is 21.4. The van der Waals surface area contributed by atoms with Crippen LogP contribution in [0.1, 0.15) is 29.8 Å². The number of benzene rings is 2. The number of nitrogens with zero attached hydrogens (tertiary/aromatic N) is 2. The molecular formula is C20H22N4O5. The maximum absolute atomic E-state index is 12.4. The minimum absolute atomic E-state index is 0.0768. The van der Waals surface area contributed by atoms with E-state index >= 15 is 0 Å². The summed E-state index contributed by atoms with van der Waals surface area (Å²) in [6.07, 6.45) is 1.30. The molecule has 0 aliphatic carbocycles. The highest BCUT2D eigenvalue weighted by molar-refractivity contribution is 5.97. The van der Waals surface area contributed by atoms with Gasteiger partial charge in [-0.3, -0.25) is 19.7 Å².